The van der Waals surface area contributed by atoms with Gasteiger partial charge in [0.1, 0.15) is 5.54 Å². The van der Waals surface area contributed by atoms with E-state index >= 15 is 0 Å². The highest BCUT2D eigenvalue weighted by Crippen LogP contribution is 2.17. The number of nitrogens with two attached hydrogens (primary N) is 1. The molecule has 1 amide bonds. The average Bonchev–Trinajstić information content (AvgIpc) is 2.25. The molecule has 0 aliphatic heterocycles. The van der Waals surface area contributed by atoms with Crippen molar-refractivity contribution in [1.82, 2.24) is 5.32 Å². The first-order valence-electron chi connectivity index (χ1n) is 6.09. The summed E-state index contributed by atoms with van der Waals surface area (Å²) in [4.78, 5) is 11.4. The molecule has 2 atom stereocenters. The van der Waals surface area contributed by atoms with Crippen LogP contribution in [0.4, 0.5) is 0 Å². The van der Waals surface area contributed by atoms with Crippen molar-refractivity contribution in [3.8, 4) is 0 Å². The molecule has 16 heavy (non-hydrogen) atoms. The van der Waals surface area contributed by atoms with E-state index in [0.717, 1.165) is 24.5 Å². The zero-order chi connectivity index (χ0) is 12.6. The molecule has 0 heterocycles. The lowest BCUT2D eigenvalue weighted by atomic mass is 10.0. The van der Waals surface area contributed by atoms with E-state index in [4.69, 9.17) is 5.73 Å². The smallest absolute Gasteiger partial charge is 0.238 e. The number of carbonyl (C=O) groups excluding carboxylic acids is 1. The lowest BCUT2D eigenvalue weighted by Crippen LogP contribution is -2.55. The summed E-state index contributed by atoms with van der Waals surface area (Å²) in [7, 11) is 0. The van der Waals surface area contributed by atoms with Crippen LogP contribution < -0.4 is 11.1 Å². The van der Waals surface area contributed by atoms with Gasteiger partial charge in [-0.3, -0.25) is 4.79 Å². The van der Waals surface area contributed by atoms with Gasteiger partial charge < -0.3 is 11.1 Å². The van der Waals surface area contributed by atoms with Gasteiger partial charge in [-0.25, -0.2) is 0 Å². The Balaban J connectivity index is 4.07. The average molecular weight is 246 g/mol. The summed E-state index contributed by atoms with van der Waals surface area (Å²) < 4.78 is 0. The number of thioether (sulfide) groups is 1. The summed E-state index contributed by atoms with van der Waals surface area (Å²) in [5.74, 6) is 2.30. The van der Waals surface area contributed by atoms with Crippen molar-refractivity contribution >= 4 is 17.7 Å². The molecule has 0 aromatic heterocycles. The Morgan fingerprint density at radius 2 is 2.12 bits per heavy atom. The largest absolute Gasteiger partial charge is 0.368 e. The highest BCUT2D eigenvalue weighted by atomic mass is 32.2. The predicted octanol–water partition coefficient (Wildman–Crippen LogP) is 2.01. The van der Waals surface area contributed by atoms with E-state index < -0.39 is 5.54 Å². The van der Waals surface area contributed by atoms with Crippen LogP contribution in [0.1, 0.15) is 40.5 Å². The van der Waals surface area contributed by atoms with Gasteiger partial charge in [0.2, 0.25) is 5.91 Å². The predicted molar refractivity (Wildman–Crippen MR) is 72.7 cm³/mol. The van der Waals surface area contributed by atoms with Gasteiger partial charge in [0.15, 0.2) is 0 Å². The molecule has 0 aromatic carbocycles. The molecule has 0 bridgehead atoms. The Bertz CT molecular complexity index is 211. The van der Waals surface area contributed by atoms with Crippen LogP contribution in [0.3, 0.4) is 0 Å². The van der Waals surface area contributed by atoms with Gasteiger partial charge in [-0.1, -0.05) is 27.2 Å². The standard InChI is InChI=1S/C12H26N2OS/c1-5-7-14-12(4,11(13)15)9-16-8-10(3)6-2/h10,14H,5-9H2,1-4H3,(H2,13,15). The van der Waals surface area contributed by atoms with Crippen LogP contribution in [0.25, 0.3) is 0 Å². The van der Waals surface area contributed by atoms with Crippen molar-refractivity contribution in [2.45, 2.75) is 46.1 Å². The normalized spacial score (nSPS) is 16.8. The van der Waals surface area contributed by atoms with Crippen molar-refractivity contribution in [2.75, 3.05) is 18.1 Å². The second-order valence-corrected chi connectivity index (χ2v) is 5.68. The van der Waals surface area contributed by atoms with E-state index in [1.54, 1.807) is 0 Å². The van der Waals surface area contributed by atoms with Gasteiger partial charge in [-0.05, 0) is 31.6 Å². The Morgan fingerprint density at radius 3 is 2.56 bits per heavy atom. The molecular weight excluding hydrogens is 220 g/mol. The van der Waals surface area contributed by atoms with Crippen LogP contribution >= 0.6 is 11.8 Å². The maximum atomic E-state index is 11.4. The van der Waals surface area contributed by atoms with Crippen LogP contribution in [-0.2, 0) is 4.79 Å². The second-order valence-electron chi connectivity index (χ2n) is 4.65. The van der Waals surface area contributed by atoms with Crippen molar-refractivity contribution in [3.63, 3.8) is 0 Å². The van der Waals surface area contributed by atoms with Crippen molar-refractivity contribution in [3.05, 3.63) is 0 Å². The van der Waals surface area contributed by atoms with E-state index in [1.165, 1.54) is 6.42 Å². The molecule has 0 fully saturated rings. The SMILES string of the molecule is CCCNC(C)(CSCC(C)CC)C(N)=O. The van der Waals surface area contributed by atoms with Gasteiger partial charge in [-0.15, -0.1) is 0 Å². The minimum absolute atomic E-state index is 0.252. The molecule has 0 saturated heterocycles. The first-order chi connectivity index (χ1) is 7.46. The maximum absolute atomic E-state index is 11.4. The first kappa shape index (κ1) is 15.8. The molecule has 0 saturated carbocycles. The molecule has 0 aliphatic rings. The van der Waals surface area contributed by atoms with Crippen molar-refractivity contribution in [2.24, 2.45) is 11.7 Å². The number of amides is 1. The molecule has 0 rings (SSSR count). The molecule has 2 unspecified atom stereocenters. The lowest BCUT2D eigenvalue weighted by molar-refractivity contribution is -0.122. The first-order valence-corrected chi connectivity index (χ1v) is 7.24. The number of hydrogen-bond donors (Lipinski definition) is 2. The number of hydrogen-bond acceptors (Lipinski definition) is 3. The van der Waals surface area contributed by atoms with Crippen LogP contribution in [0.2, 0.25) is 0 Å². The van der Waals surface area contributed by atoms with Gasteiger partial charge in [0, 0.05) is 5.75 Å². The monoisotopic (exact) mass is 246 g/mol. The van der Waals surface area contributed by atoms with Crippen LogP contribution in [-0.4, -0.2) is 29.5 Å². The molecular formula is C12H26N2OS. The van der Waals surface area contributed by atoms with E-state index in [2.05, 4.69) is 26.1 Å². The van der Waals surface area contributed by atoms with E-state index in [9.17, 15) is 4.79 Å². The summed E-state index contributed by atoms with van der Waals surface area (Å²) in [5.41, 5.74) is 4.88. The van der Waals surface area contributed by atoms with Crippen LogP contribution in [0, 0.1) is 5.92 Å². The summed E-state index contributed by atoms with van der Waals surface area (Å²) in [6.45, 7) is 9.24. The number of primary amides is 1. The van der Waals surface area contributed by atoms with Crippen molar-refractivity contribution < 1.29 is 4.79 Å². The van der Waals surface area contributed by atoms with Gasteiger partial charge in [0.05, 0.1) is 0 Å². The fraction of sp³-hybridized carbons (Fsp3) is 0.917. The summed E-state index contributed by atoms with van der Waals surface area (Å²) in [6.07, 6.45) is 2.20. The molecule has 0 aromatic rings. The molecule has 0 aliphatic carbocycles. The minimum Gasteiger partial charge on any atom is -0.368 e. The maximum Gasteiger partial charge on any atom is 0.238 e. The van der Waals surface area contributed by atoms with Crippen molar-refractivity contribution in [1.29, 1.82) is 0 Å². The minimum atomic E-state index is -0.561. The lowest BCUT2D eigenvalue weighted by Gasteiger charge is -2.27. The number of carbonyl (C=O) groups is 1. The fourth-order valence-electron chi connectivity index (χ4n) is 1.19. The molecule has 96 valence electrons. The summed E-state index contributed by atoms with van der Waals surface area (Å²) >= 11 is 1.81. The Labute approximate surface area is 104 Å². The third kappa shape index (κ3) is 5.75. The molecule has 3 N–H and O–H groups in total. The Morgan fingerprint density at radius 1 is 1.50 bits per heavy atom. The fourth-order valence-corrected chi connectivity index (χ4v) is 2.60. The summed E-state index contributed by atoms with van der Waals surface area (Å²) in [5, 5.41) is 3.24. The summed E-state index contributed by atoms with van der Waals surface area (Å²) in [6, 6.07) is 0. The van der Waals surface area contributed by atoms with Gasteiger partial charge in [-0.2, -0.15) is 11.8 Å². The highest BCUT2D eigenvalue weighted by molar-refractivity contribution is 7.99. The van der Waals surface area contributed by atoms with E-state index in [0.29, 0.717) is 5.92 Å². The zero-order valence-electron chi connectivity index (χ0n) is 11.0. The molecule has 0 radical (unpaired) electrons. The highest BCUT2D eigenvalue weighted by Gasteiger charge is 2.29. The molecule has 3 nitrogen and oxygen atoms in total. The van der Waals surface area contributed by atoms with Gasteiger partial charge >= 0.3 is 0 Å². The third-order valence-corrected chi connectivity index (χ3v) is 4.39. The quantitative estimate of drug-likeness (QED) is 0.654. The zero-order valence-corrected chi connectivity index (χ0v) is 11.8. The van der Waals surface area contributed by atoms with E-state index in [1.807, 2.05) is 18.7 Å². The third-order valence-electron chi connectivity index (χ3n) is 2.80. The molecule has 0 spiro atoms. The van der Waals surface area contributed by atoms with E-state index in [-0.39, 0.29) is 5.91 Å². The topological polar surface area (TPSA) is 55.1 Å². The molecule has 4 heteroatoms. The van der Waals surface area contributed by atoms with Crippen LogP contribution in [0.5, 0.6) is 0 Å². The van der Waals surface area contributed by atoms with Gasteiger partial charge in [0.25, 0.3) is 0 Å². The van der Waals surface area contributed by atoms with Crippen LogP contribution in [0.15, 0.2) is 0 Å². The number of rotatable bonds is 9. The second kappa shape index (κ2) is 7.96. The number of nitrogens with one attached hydrogen (secondary N) is 1. The Hall–Kier alpha value is -0.220. The Kier molecular flexibility index (Phi) is 7.85.